The van der Waals surface area contributed by atoms with Crippen molar-refractivity contribution >= 4 is 11.0 Å². The Bertz CT molecular complexity index is 760. The van der Waals surface area contributed by atoms with Crippen molar-refractivity contribution < 1.29 is 0 Å². The van der Waals surface area contributed by atoms with Crippen molar-refractivity contribution in [3.05, 3.63) is 64.4 Å². The summed E-state index contributed by atoms with van der Waals surface area (Å²) in [7, 11) is 0. The van der Waals surface area contributed by atoms with E-state index in [4.69, 9.17) is 0 Å². The molecule has 3 heteroatoms. The molecule has 0 aliphatic rings. The zero-order valence-electron chi connectivity index (χ0n) is 9.97. The largest absolute Gasteiger partial charge is 0.339 e. The minimum atomic E-state index is 0.00760. The molecule has 1 aromatic carbocycles. The van der Waals surface area contributed by atoms with Crippen molar-refractivity contribution in [3.63, 3.8) is 0 Å². The molecular formula is C15H12N2O. The quantitative estimate of drug-likeness (QED) is 0.706. The summed E-state index contributed by atoms with van der Waals surface area (Å²) in [6.45, 7) is 1.92. The van der Waals surface area contributed by atoms with Crippen LogP contribution in [-0.2, 0) is 0 Å². The van der Waals surface area contributed by atoms with E-state index < -0.39 is 0 Å². The van der Waals surface area contributed by atoms with Crippen molar-refractivity contribution in [2.75, 3.05) is 0 Å². The second kappa shape index (κ2) is 4.11. The third-order valence-corrected chi connectivity index (χ3v) is 3.02. The van der Waals surface area contributed by atoms with Crippen LogP contribution < -0.4 is 5.43 Å². The maximum Gasteiger partial charge on any atom is 0.191 e. The standard InChI is InChI=1S/C15H12N2O/c1-10-7-8-16-15-14(10)13(18)9-12(17-15)11-5-3-2-4-6-11/h2-9H,1H3,(H,16,17,18). The summed E-state index contributed by atoms with van der Waals surface area (Å²) >= 11 is 0. The van der Waals surface area contributed by atoms with Gasteiger partial charge in [-0.1, -0.05) is 30.3 Å². The lowest BCUT2D eigenvalue weighted by atomic mass is 10.1. The van der Waals surface area contributed by atoms with Gasteiger partial charge >= 0.3 is 0 Å². The molecule has 3 nitrogen and oxygen atoms in total. The predicted molar refractivity (Wildman–Crippen MR) is 72.5 cm³/mol. The van der Waals surface area contributed by atoms with E-state index in [0.29, 0.717) is 11.0 Å². The van der Waals surface area contributed by atoms with Gasteiger partial charge < -0.3 is 4.98 Å². The third kappa shape index (κ3) is 1.70. The third-order valence-electron chi connectivity index (χ3n) is 3.02. The SMILES string of the molecule is Cc1ccnc2[nH]c(-c3ccccc3)cc(=O)c12. The van der Waals surface area contributed by atoms with Crippen molar-refractivity contribution in [2.24, 2.45) is 0 Å². The van der Waals surface area contributed by atoms with Gasteiger partial charge in [-0.2, -0.15) is 0 Å². The molecule has 3 aromatic rings. The van der Waals surface area contributed by atoms with Crippen LogP contribution in [0.4, 0.5) is 0 Å². The van der Waals surface area contributed by atoms with Gasteiger partial charge in [0.15, 0.2) is 5.43 Å². The average molecular weight is 236 g/mol. The first kappa shape index (κ1) is 10.7. The van der Waals surface area contributed by atoms with Gasteiger partial charge in [-0.25, -0.2) is 4.98 Å². The van der Waals surface area contributed by atoms with Gasteiger partial charge in [0.2, 0.25) is 0 Å². The summed E-state index contributed by atoms with van der Waals surface area (Å²) < 4.78 is 0. The molecule has 0 bridgehead atoms. The Hall–Kier alpha value is -2.42. The lowest BCUT2D eigenvalue weighted by molar-refractivity contribution is 1.26. The summed E-state index contributed by atoms with van der Waals surface area (Å²) in [4.78, 5) is 19.6. The Kier molecular flexibility index (Phi) is 2.45. The molecule has 0 atom stereocenters. The average Bonchev–Trinajstić information content (AvgIpc) is 2.39. The highest BCUT2D eigenvalue weighted by Crippen LogP contribution is 2.18. The smallest absolute Gasteiger partial charge is 0.191 e. The fourth-order valence-electron chi connectivity index (χ4n) is 2.10. The molecule has 18 heavy (non-hydrogen) atoms. The van der Waals surface area contributed by atoms with E-state index in [1.807, 2.05) is 43.3 Å². The minimum Gasteiger partial charge on any atom is -0.339 e. The number of aromatic nitrogens is 2. The maximum absolute atomic E-state index is 12.1. The molecular weight excluding hydrogens is 224 g/mol. The highest BCUT2D eigenvalue weighted by molar-refractivity contribution is 5.80. The van der Waals surface area contributed by atoms with E-state index in [1.54, 1.807) is 12.3 Å². The predicted octanol–water partition coefficient (Wildman–Crippen LogP) is 2.90. The van der Waals surface area contributed by atoms with E-state index in [-0.39, 0.29) is 5.43 Å². The zero-order valence-corrected chi connectivity index (χ0v) is 9.97. The second-order valence-corrected chi connectivity index (χ2v) is 4.26. The molecule has 1 N–H and O–H groups in total. The van der Waals surface area contributed by atoms with E-state index in [1.165, 1.54) is 0 Å². The monoisotopic (exact) mass is 236 g/mol. The van der Waals surface area contributed by atoms with Crippen LogP contribution >= 0.6 is 0 Å². The van der Waals surface area contributed by atoms with Crippen LogP contribution in [0.3, 0.4) is 0 Å². The molecule has 0 saturated heterocycles. The highest BCUT2D eigenvalue weighted by atomic mass is 16.1. The van der Waals surface area contributed by atoms with Crippen LogP contribution in [-0.4, -0.2) is 9.97 Å². The van der Waals surface area contributed by atoms with Crippen LogP contribution in [0.1, 0.15) is 5.56 Å². The summed E-state index contributed by atoms with van der Waals surface area (Å²) in [5.41, 5.74) is 3.38. The van der Waals surface area contributed by atoms with Crippen molar-refractivity contribution in [3.8, 4) is 11.3 Å². The molecule has 0 fully saturated rings. The van der Waals surface area contributed by atoms with Gasteiger partial charge in [-0.15, -0.1) is 0 Å². The van der Waals surface area contributed by atoms with E-state index in [0.717, 1.165) is 16.8 Å². The van der Waals surface area contributed by atoms with Crippen molar-refractivity contribution in [1.82, 2.24) is 9.97 Å². The van der Waals surface area contributed by atoms with E-state index in [2.05, 4.69) is 9.97 Å². The number of H-pyrrole nitrogens is 1. The normalized spacial score (nSPS) is 10.7. The van der Waals surface area contributed by atoms with Crippen LogP contribution in [0.5, 0.6) is 0 Å². The molecule has 0 saturated carbocycles. The number of fused-ring (bicyclic) bond motifs is 1. The summed E-state index contributed by atoms with van der Waals surface area (Å²) in [5, 5.41) is 0.664. The van der Waals surface area contributed by atoms with Crippen LogP contribution in [0.2, 0.25) is 0 Å². The molecule has 0 amide bonds. The lowest BCUT2D eigenvalue weighted by Crippen LogP contribution is -2.05. The molecule has 2 heterocycles. The lowest BCUT2D eigenvalue weighted by Gasteiger charge is -2.05. The first-order valence-electron chi connectivity index (χ1n) is 5.80. The molecule has 0 aliphatic heterocycles. The van der Waals surface area contributed by atoms with Gasteiger partial charge in [0.25, 0.3) is 0 Å². The first-order valence-corrected chi connectivity index (χ1v) is 5.80. The van der Waals surface area contributed by atoms with Gasteiger partial charge in [0.1, 0.15) is 5.65 Å². The number of hydrogen-bond acceptors (Lipinski definition) is 2. The number of benzene rings is 1. The Morgan fingerprint density at radius 2 is 1.89 bits per heavy atom. The highest BCUT2D eigenvalue weighted by Gasteiger charge is 2.06. The Morgan fingerprint density at radius 1 is 1.11 bits per heavy atom. The molecule has 0 spiro atoms. The number of hydrogen-bond donors (Lipinski definition) is 1. The summed E-state index contributed by atoms with van der Waals surface area (Å²) in [6.07, 6.45) is 1.71. The number of aromatic amines is 1. The van der Waals surface area contributed by atoms with Crippen molar-refractivity contribution in [1.29, 1.82) is 0 Å². The van der Waals surface area contributed by atoms with Crippen molar-refractivity contribution in [2.45, 2.75) is 6.92 Å². The molecule has 2 aromatic heterocycles. The Balaban J connectivity index is 2.33. The minimum absolute atomic E-state index is 0.00760. The zero-order chi connectivity index (χ0) is 12.5. The summed E-state index contributed by atoms with van der Waals surface area (Å²) in [6, 6.07) is 13.3. The number of nitrogens with one attached hydrogen (secondary N) is 1. The van der Waals surface area contributed by atoms with Gasteiger partial charge in [0, 0.05) is 12.3 Å². The molecule has 0 unspecified atom stereocenters. The molecule has 0 aliphatic carbocycles. The fraction of sp³-hybridized carbons (Fsp3) is 0.0667. The number of nitrogens with zero attached hydrogens (tertiary/aromatic N) is 1. The fourth-order valence-corrected chi connectivity index (χ4v) is 2.10. The van der Waals surface area contributed by atoms with Gasteiger partial charge in [-0.05, 0) is 24.1 Å². The number of aryl methyl sites for hydroxylation is 1. The second-order valence-electron chi connectivity index (χ2n) is 4.26. The summed E-state index contributed by atoms with van der Waals surface area (Å²) in [5.74, 6) is 0. The first-order chi connectivity index (χ1) is 8.75. The van der Waals surface area contributed by atoms with Gasteiger partial charge in [0.05, 0.1) is 11.1 Å². The Morgan fingerprint density at radius 3 is 2.67 bits per heavy atom. The topological polar surface area (TPSA) is 45.8 Å². The maximum atomic E-state index is 12.1. The van der Waals surface area contributed by atoms with Crippen LogP contribution in [0.25, 0.3) is 22.3 Å². The number of rotatable bonds is 1. The van der Waals surface area contributed by atoms with E-state index in [9.17, 15) is 4.79 Å². The Labute approximate surface area is 104 Å². The molecule has 3 rings (SSSR count). The molecule has 88 valence electrons. The number of pyridine rings is 2. The van der Waals surface area contributed by atoms with Crippen LogP contribution in [0, 0.1) is 6.92 Å². The van der Waals surface area contributed by atoms with E-state index >= 15 is 0 Å². The van der Waals surface area contributed by atoms with Crippen LogP contribution in [0.15, 0.2) is 53.5 Å². The van der Waals surface area contributed by atoms with Gasteiger partial charge in [-0.3, -0.25) is 4.79 Å². The molecule has 0 radical (unpaired) electrons.